The fourth-order valence-electron chi connectivity index (χ4n) is 3.25. The smallest absolute Gasteiger partial charge is 0.255 e. The average molecular weight is 393 g/mol. The third-order valence-corrected chi connectivity index (χ3v) is 4.75. The summed E-state index contributed by atoms with van der Waals surface area (Å²) in [5.74, 6) is 0.400. The molecule has 0 saturated heterocycles. The number of nitrogens with zero attached hydrogens (tertiary/aromatic N) is 2. The zero-order chi connectivity index (χ0) is 20.1. The van der Waals surface area contributed by atoms with E-state index in [9.17, 15) is 4.79 Å². The number of carbonyl (C=O) groups excluding carboxylic acids is 1. The highest BCUT2D eigenvalue weighted by Gasteiger charge is 2.14. The Morgan fingerprint density at radius 3 is 2.97 bits per heavy atom. The first-order chi connectivity index (χ1) is 14.2. The molecule has 0 radical (unpaired) electrons. The van der Waals surface area contributed by atoms with Crippen LogP contribution < -0.4 is 10.1 Å². The number of rotatable bonds is 7. The van der Waals surface area contributed by atoms with E-state index in [2.05, 4.69) is 10.3 Å². The fraction of sp³-hybridized carbons (Fsp3) is 0.273. The molecule has 4 rings (SSSR count). The second kappa shape index (κ2) is 8.89. The van der Waals surface area contributed by atoms with E-state index >= 15 is 0 Å². The molecule has 1 N–H and O–H groups in total. The predicted octanol–water partition coefficient (Wildman–Crippen LogP) is 3.22. The molecule has 1 aromatic heterocycles. The summed E-state index contributed by atoms with van der Waals surface area (Å²) in [6.07, 6.45) is 6.05. The van der Waals surface area contributed by atoms with Crippen molar-refractivity contribution in [3.63, 3.8) is 0 Å². The van der Waals surface area contributed by atoms with Gasteiger partial charge in [-0.15, -0.1) is 0 Å². The number of ether oxygens (including phenoxy) is 3. The van der Waals surface area contributed by atoms with Crippen LogP contribution in [0.15, 0.2) is 55.1 Å². The van der Waals surface area contributed by atoms with E-state index in [1.807, 2.05) is 41.1 Å². The third kappa shape index (κ3) is 4.64. The molecule has 0 unspecified atom stereocenters. The van der Waals surface area contributed by atoms with Crippen LogP contribution in [0.3, 0.4) is 0 Å². The Labute approximate surface area is 169 Å². The number of methoxy groups -OCH3 is 1. The van der Waals surface area contributed by atoms with Crippen molar-refractivity contribution >= 4 is 11.6 Å². The van der Waals surface area contributed by atoms with Crippen LogP contribution in [0, 0.1) is 0 Å². The van der Waals surface area contributed by atoms with Crippen molar-refractivity contribution in [2.45, 2.75) is 13.0 Å². The number of amides is 1. The Bertz CT molecular complexity index is 986. The van der Waals surface area contributed by atoms with Gasteiger partial charge in [0, 0.05) is 36.8 Å². The van der Waals surface area contributed by atoms with Crippen LogP contribution in [0.2, 0.25) is 0 Å². The maximum absolute atomic E-state index is 12.9. The van der Waals surface area contributed by atoms with E-state index in [-0.39, 0.29) is 5.91 Å². The van der Waals surface area contributed by atoms with Gasteiger partial charge in [-0.3, -0.25) is 4.79 Å². The van der Waals surface area contributed by atoms with E-state index in [1.54, 1.807) is 25.7 Å². The van der Waals surface area contributed by atoms with E-state index < -0.39 is 0 Å². The molecule has 29 heavy (non-hydrogen) atoms. The van der Waals surface area contributed by atoms with Crippen molar-refractivity contribution in [3.8, 4) is 11.4 Å². The van der Waals surface area contributed by atoms with Crippen LogP contribution in [0.5, 0.6) is 5.75 Å². The highest BCUT2D eigenvalue weighted by Crippen LogP contribution is 2.24. The molecule has 0 bridgehead atoms. The number of carbonyl (C=O) groups is 1. The van der Waals surface area contributed by atoms with Crippen LogP contribution in [0.25, 0.3) is 5.69 Å². The van der Waals surface area contributed by atoms with Crippen molar-refractivity contribution in [2.24, 2.45) is 0 Å². The fourth-order valence-corrected chi connectivity index (χ4v) is 3.25. The standard InChI is InChI=1S/C22H23N3O4/c1-27-8-9-29-21-12-18(11-20(13-21)25-6-5-23-15-25)22(26)24-19-3-2-17-14-28-7-4-16(17)10-19/h2-3,5-6,10-13,15H,4,7-9,14H2,1H3,(H,24,26). The van der Waals surface area contributed by atoms with Gasteiger partial charge >= 0.3 is 0 Å². The van der Waals surface area contributed by atoms with Gasteiger partial charge in [-0.2, -0.15) is 0 Å². The van der Waals surface area contributed by atoms with Crippen LogP contribution in [0.4, 0.5) is 5.69 Å². The van der Waals surface area contributed by atoms with Crippen molar-refractivity contribution in [1.82, 2.24) is 9.55 Å². The summed E-state index contributed by atoms with van der Waals surface area (Å²) in [6, 6.07) is 11.3. The van der Waals surface area contributed by atoms with Gasteiger partial charge < -0.3 is 24.1 Å². The Kier molecular flexibility index (Phi) is 5.88. The first-order valence-corrected chi connectivity index (χ1v) is 9.49. The minimum Gasteiger partial charge on any atom is -0.491 e. The van der Waals surface area contributed by atoms with Crippen LogP contribution in [-0.2, 0) is 22.5 Å². The molecule has 7 nitrogen and oxygen atoms in total. The molecule has 0 fully saturated rings. The molecule has 1 aliphatic heterocycles. The number of anilines is 1. The third-order valence-electron chi connectivity index (χ3n) is 4.75. The Hall–Kier alpha value is -3.16. The summed E-state index contributed by atoms with van der Waals surface area (Å²) in [5.41, 5.74) is 4.45. The molecule has 150 valence electrons. The van der Waals surface area contributed by atoms with E-state index in [1.165, 1.54) is 11.1 Å². The van der Waals surface area contributed by atoms with E-state index in [4.69, 9.17) is 14.2 Å². The monoisotopic (exact) mass is 393 g/mol. The molecule has 0 aliphatic carbocycles. The molecule has 0 spiro atoms. The number of aromatic nitrogens is 2. The maximum atomic E-state index is 12.9. The summed E-state index contributed by atoms with van der Waals surface area (Å²) in [6.45, 7) is 2.20. The van der Waals surface area contributed by atoms with Gasteiger partial charge in [0.25, 0.3) is 5.91 Å². The molecular formula is C22H23N3O4. The number of imidazole rings is 1. The minimum absolute atomic E-state index is 0.199. The van der Waals surface area contributed by atoms with Crippen molar-refractivity contribution in [3.05, 3.63) is 71.8 Å². The highest BCUT2D eigenvalue weighted by molar-refractivity contribution is 6.05. The van der Waals surface area contributed by atoms with Crippen LogP contribution in [-0.4, -0.2) is 42.4 Å². The molecule has 2 aromatic carbocycles. The number of fused-ring (bicyclic) bond motifs is 1. The van der Waals surface area contributed by atoms with Crippen molar-refractivity contribution in [2.75, 3.05) is 32.2 Å². The van der Waals surface area contributed by atoms with Gasteiger partial charge in [0.1, 0.15) is 12.4 Å². The molecule has 3 aromatic rings. The molecule has 1 amide bonds. The highest BCUT2D eigenvalue weighted by atomic mass is 16.5. The molecule has 2 heterocycles. The lowest BCUT2D eigenvalue weighted by atomic mass is 10.0. The lowest BCUT2D eigenvalue weighted by Crippen LogP contribution is -2.15. The number of benzene rings is 2. The van der Waals surface area contributed by atoms with Crippen LogP contribution in [0.1, 0.15) is 21.5 Å². The van der Waals surface area contributed by atoms with Crippen molar-refractivity contribution < 1.29 is 19.0 Å². The summed E-state index contributed by atoms with van der Waals surface area (Å²) in [4.78, 5) is 17.0. The van der Waals surface area contributed by atoms with Gasteiger partial charge in [0.2, 0.25) is 0 Å². The molecule has 0 atom stereocenters. The average Bonchev–Trinajstić information content (AvgIpc) is 3.29. The first kappa shape index (κ1) is 19.2. The normalized spacial score (nSPS) is 13.0. The van der Waals surface area contributed by atoms with Gasteiger partial charge in [-0.05, 0) is 41.8 Å². The van der Waals surface area contributed by atoms with Gasteiger partial charge in [-0.25, -0.2) is 4.98 Å². The lowest BCUT2D eigenvalue weighted by Gasteiger charge is -2.17. The van der Waals surface area contributed by atoms with Crippen LogP contribution >= 0.6 is 0 Å². The molecule has 1 aliphatic rings. The van der Waals surface area contributed by atoms with E-state index in [0.717, 1.165) is 17.8 Å². The second-order valence-corrected chi connectivity index (χ2v) is 6.77. The number of hydrogen-bond donors (Lipinski definition) is 1. The maximum Gasteiger partial charge on any atom is 0.255 e. The lowest BCUT2D eigenvalue weighted by molar-refractivity contribution is 0.102. The van der Waals surface area contributed by atoms with E-state index in [0.29, 0.717) is 37.7 Å². The zero-order valence-electron chi connectivity index (χ0n) is 16.3. The van der Waals surface area contributed by atoms with Crippen molar-refractivity contribution in [1.29, 1.82) is 0 Å². The summed E-state index contributed by atoms with van der Waals surface area (Å²) < 4.78 is 18.1. The topological polar surface area (TPSA) is 74.6 Å². The Morgan fingerprint density at radius 2 is 2.14 bits per heavy atom. The zero-order valence-corrected chi connectivity index (χ0v) is 16.3. The number of hydrogen-bond acceptors (Lipinski definition) is 5. The SMILES string of the molecule is COCCOc1cc(C(=O)Nc2ccc3c(c2)CCOC3)cc(-n2ccnc2)c1. The first-order valence-electron chi connectivity index (χ1n) is 9.49. The Morgan fingerprint density at radius 1 is 1.21 bits per heavy atom. The molecule has 0 saturated carbocycles. The van der Waals surface area contributed by atoms with Gasteiger partial charge in [-0.1, -0.05) is 6.07 Å². The van der Waals surface area contributed by atoms with Gasteiger partial charge in [0.15, 0.2) is 0 Å². The summed E-state index contributed by atoms with van der Waals surface area (Å²) in [7, 11) is 1.62. The quantitative estimate of drug-likeness (QED) is 0.624. The summed E-state index contributed by atoms with van der Waals surface area (Å²) in [5, 5.41) is 2.99. The predicted molar refractivity (Wildman–Crippen MR) is 109 cm³/mol. The molecular weight excluding hydrogens is 370 g/mol. The summed E-state index contributed by atoms with van der Waals surface area (Å²) >= 11 is 0. The Balaban J connectivity index is 1.58. The second-order valence-electron chi connectivity index (χ2n) is 6.77. The number of nitrogens with one attached hydrogen (secondary N) is 1. The minimum atomic E-state index is -0.199. The van der Waals surface area contributed by atoms with Gasteiger partial charge in [0.05, 0.1) is 31.8 Å². The molecule has 7 heteroatoms. The largest absolute Gasteiger partial charge is 0.491 e.